The third-order valence-electron chi connectivity index (χ3n) is 5.40. The summed E-state index contributed by atoms with van der Waals surface area (Å²) in [4.78, 5) is 35.1. The number of fused-ring (bicyclic) bond motifs is 3. The Morgan fingerprint density at radius 1 is 1.06 bits per heavy atom. The molecule has 0 fully saturated rings. The fraction of sp³-hybridized carbons (Fsp3) is 0.167. The summed E-state index contributed by atoms with van der Waals surface area (Å²) in [5.41, 5.74) is 0.402. The van der Waals surface area contributed by atoms with Crippen molar-refractivity contribution in [1.29, 1.82) is 0 Å². The van der Waals surface area contributed by atoms with Gasteiger partial charge in [0.1, 0.15) is 21.8 Å². The number of hydrogen-bond donors (Lipinski definition) is 1. The number of carbonyl (C=O) groups excluding carboxylic acids is 2. The van der Waals surface area contributed by atoms with Gasteiger partial charge in [-0.3, -0.25) is 14.9 Å². The van der Waals surface area contributed by atoms with Gasteiger partial charge in [-0.1, -0.05) is 18.2 Å². The van der Waals surface area contributed by atoms with E-state index >= 15 is 0 Å². The fourth-order valence-electron chi connectivity index (χ4n) is 3.64. The van der Waals surface area contributed by atoms with Gasteiger partial charge in [-0.15, -0.1) is 0 Å². The van der Waals surface area contributed by atoms with Crippen LogP contribution < -0.4 is 10.1 Å². The van der Waals surface area contributed by atoms with Crippen LogP contribution in [0.2, 0.25) is 0 Å². The van der Waals surface area contributed by atoms with Gasteiger partial charge in [-0.25, -0.2) is 13.2 Å². The van der Waals surface area contributed by atoms with Crippen molar-refractivity contribution in [2.24, 2.45) is 0 Å². The zero-order valence-corrected chi connectivity index (χ0v) is 20.1. The summed E-state index contributed by atoms with van der Waals surface area (Å²) >= 11 is 0. The molecule has 11 nitrogen and oxygen atoms in total. The number of anilines is 1. The largest absolute Gasteiger partial charge is 0.495 e. The van der Waals surface area contributed by atoms with E-state index in [1.165, 1.54) is 14.0 Å². The van der Waals surface area contributed by atoms with Crippen molar-refractivity contribution in [1.82, 2.24) is 0 Å². The smallest absolute Gasteiger partial charge is 0.339 e. The number of ether oxygens (including phenoxy) is 2. The molecule has 0 aliphatic carbocycles. The number of nitro groups is 1. The van der Waals surface area contributed by atoms with Gasteiger partial charge in [0.15, 0.2) is 15.9 Å². The lowest BCUT2D eigenvalue weighted by atomic mass is 10.1. The van der Waals surface area contributed by atoms with Crippen molar-refractivity contribution in [3.63, 3.8) is 0 Å². The van der Waals surface area contributed by atoms with Gasteiger partial charge < -0.3 is 19.2 Å². The van der Waals surface area contributed by atoms with Crippen LogP contribution in [0.15, 0.2) is 63.9 Å². The molecule has 4 aromatic rings. The molecule has 1 N–H and O–H groups in total. The van der Waals surface area contributed by atoms with Crippen molar-refractivity contribution >= 4 is 55.0 Å². The van der Waals surface area contributed by atoms with Gasteiger partial charge >= 0.3 is 5.97 Å². The Bertz CT molecular complexity index is 1640. The molecule has 186 valence electrons. The van der Waals surface area contributed by atoms with Crippen molar-refractivity contribution in [2.45, 2.75) is 17.9 Å². The Kier molecular flexibility index (Phi) is 6.37. The maximum Gasteiger partial charge on any atom is 0.339 e. The number of amides is 1. The lowest BCUT2D eigenvalue weighted by Crippen LogP contribution is -2.30. The summed E-state index contributed by atoms with van der Waals surface area (Å²) in [7, 11) is -2.46. The number of carbonyl (C=O) groups is 2. The van der Waals surface area contributed by atoms with E-state index in [1.54, 1.807) is 12.1 Å². The van der Waals surface area contributed by atoms with Crippen LogP contribution in [-0.4, -0.2) is 44.7 Å². The number of esters is 1. The molecular weight excluding hydrogens is 492 g/mol. The molecule has 0 aliphatic rings. The van der Waals surface area contributed by atoms with Crippen LogP contribution in [0.5, 0.6) is 5.75 Å². The number of rotatable bonds is 7. The van der Waals surface area contributed by atoms with Gasteiger partial charge in [-0.2, -0.15) is 0 Å². The number of hydrogen-bond acceptors (Lipinski definition) is 9. The number of para-hydroxylation sites is 1. The topological polar surface area (TPSA) is 155 Å². The Balaban J connectivity index is 1.55. The number of sulfone groups is 1. The first-order valence-electron chi connectivity index (χ1n) is 10.5. The SMILES string of the molecule is COc1cc2c(cc1NC(=O)C(C)OC(=O)c1ccc(S(C)(=O)=O)c([N+](=O)[O-])c1)oc1ccccc12. The third-order valence-corrected chi connectivity index (χ3v) is 6.54. The Labute approximate surface area is 204 Å². The van der Waals surface area contributed by atoms with E-state index in [9.17, 15) is 28.1 Å². The predicted octanol–water partition coefficient (Wildman–Crippen LogP) is 4.09. The van der Waals surface area contributed by atoms with Crippen molar-refractivity contribution < 1.29 is 36.8 Å². The van der Waals surface area contributed by atoms with Gasteiger partial charge in [0, 0.05) is 29.2 Å². The molecular formula is C24H20N2O9S. The standard InChI is InChI=1S/C24H20N2O9S/c1-13(34-24(28)14-8-9-22(36(3,31)32)18(10-14)26(29)30)23(27)25-17-12-20-16(11-21(17)33-2)15-6-4-5-7-19(15)35-20/h4-13H,1-3H3,(H,25,27). The maximum absolute atomic E-state index is 12.8. The number of nitro benzene ring substituents is 1. The second-order valence-corrected chi connectivity index (χ2v) is 9.88. The third kappa shape index (κ3) is 4.70. The van der Waals surface area contributed by atoms with Crippen LogP contribution in [0, 0.1) is 10.1 Å². The number of furan rings is 1. The first kappa shape index (κ1) is 24.7. The first-order chi connectivity index (χ1) is 17.0. The first-order valence-corrected chi connectivity index (χ1v) is 12.4. The molecule has 0 bridgehead atoms. The summed E-state index contributed by atoms with van der Waals surface area (Å²) in [5.74, 6) is -1.38. The summed E-state index contributed by atoms with van der Waals surface area (Å²) in [6.07, 6.45) is -0.487. The number of benzene rings is 3. The lowest BCUT2D eigenvalue weighted by Gasteiger charge is -2.15. The second-order valence-electron chi connectivity index (χ2n) is 7.90. The molecule has 36 heavy (non-hydrogen) atoms. The van der Waals surface area contributed by atoms with Crippen LogP contribution >= 0.6 is 0 Å². The molecule has 0 aliphatic heterocycles. The van der Waals surface area contributed by atoms with Gasteiger partial charge in [0.25, 0.3) is 11.6 Å². The van der Waals surface area contributed by atoms with Crippen LogP contribution in [0.4, 0.5) is 11.4 Å². The molecule has 1 heterocycles. The van der Waals surface area contributed by atoms with Gasteiger partial charge in [0.05, 0.1) is 23.3 Å². The zero-order valence-electron chi connectivity index (χ0n) is 19.3. The quantitative estimate of drug-likeness (QED) is 0.219. The Hall–Kier alpha value is -4.45. The maximum atomic E-state index is 12.8. The molecule has 1 atom stereocenters. The minimum Gasteiger partial charge on any atom is -0.495 e. The van der Waals surface area contributed by atoms with E-state index in [4.69, 9.17) is 13.9 Å². The molecule has 1 aromatic heterocycles. The number of nitrogens with zero attached hydrogens (tertiary/aromatic N) is 1. The molecule has 4 rings (SSSR count). The summed E-state index contributed by atoms with van der Waals surface area (Å²) < 4.78 is 39.9. The highest BCUT2D eigenvalue weighted by atomic mass is 32.2. The normalized spacial score (nSPS) is 12.3. The van der Waals surface area contributed by atoms with Crippen molar-refractivity contribution in [3.8, 4) is 5.75 Å². The highest BCUT2D eigenvalue weighted by molar-refractivity contribution is 7.90. The fourth-order valence-corrected chi connectivity index (χ4v) is 4.46. The molecule has 0 radical (unpaired) electrons. The molecule has 1 unspecified atom stereocenters. The van der Waals surface area contributed by atoms with E-state index in [-0.39, 0.29) is 11.3 Å². The van der Waals surface area contributed by atoms with Crippen LogP contribution in [0.1, 0.15) is 17.3 Å². The molecule has 3 aromatic carbocycles. The number of nitrogens with one attached hydrogen (secondary N) is 1. The molecule has 0 saturated carbocycles. The minimum absolute atomic E-state index is 0.282. The Morgan fingerprint density at radius 2 is 1.78 bits per heavy atom. The summed E-state index contributed by atoms with van der Waals surface area (Å²) in [5, 5.41) is 15.6. The number of methoxy groups -OCH3 is 1. The van der Waals surface area contributed by atoms with E-state index in [0.29, 0.717) is 16.9 Å². The highest BCUT2D eigenvalue weighted by Crippen LogP contribution is 2.36. The van der Waals surface area contributed by atoms with Crippen LogP contribution in [0.25, 0.3) is 21.9 Å². The molecule has 12 heteroatoms. The average molecular weight is 512 g/mol. The van der Waals surface area contributed by atoms with Gasteiger partial charge in [0.2, 0.25) is 0 Å². The van der Waals surface area contributed by atoms with E-state index in [0.717, 1.165) is 35.2 Å². The monoisotopic (exact) mass is 512 g/mol. The molecule has 1 amide bonds. The minimum atomic E-state index is -3.90. The van der Waals surface area contributed by atoms with Crippen molar-refractivity contribution in [3.05, 3.63) is 70.3 Å². The van der Waals surface area contributed by atoms with E-state index in [2.05, 4.69) is 5.32 Å². The van der Waals surface area contributed by atoms with E-state index in [1.807, 2.05) is 24.3 Å². The van der Waals surface area contributed by atoms with E-state index < -0.39 is 43.3 Å². The average Bonchev–Trinajstić information content (AvgIpc) is 3.19. The molecule has 0 saturated heterocycles. The van der Waals surface area contributed by atoms with Crippen molar-refractivity contribution in [2.75, 3.05) is 18.7 Å². The second kappa shape index (κ2) is 9.30. The summed E-state index contributed by atoms with van der Waals surface area (Å²) in [6.45, 7) is 1.32. The van der Waals surface area contributed by atoms with Crippen LogP contribution in [0.3, 0.4) is 0 Å². The lowest BCUT2D eigenvalue weighted by molar-refractivity contribution is -0.387. The zero-order chi connectivity index (χ0) is 26.2. The van der Waals surface area contributed by atoms with Crippen LogP contribution in [-0.2, 0) is 19.4 Å². The van der Waals surface area contributed by atoms with Gasteiger partial charge in [-0.05, 0) is 31.2 Å². The Morgan fingerprint density at radius 3 is 2.44 bits per heavy atom. The predicted molar refractivity (Wildman–Crippen MR) is 130 cm³/mol. The molecule has 0 spiro atoms. The highest BCUT2D eigenvalue weighted by Gasteiger charge is 2.26. The summed E-state index contributed by atoms with van der Waals surface area (Å²) in [6, 6.07) is 13.5.